The van der Waals surface area contributed by atoms with Crippen molar-refractivity contribution in [2.24, 2.45) is 0 Å². The third-order valence-electron chi connectivity index (χ3n) is 2.15. The van der Waals surface area contributed by atoms with Crippen LogP contribution in [0, 0.1) is 6.92 Å². The standard InChI is InChI=1S/C11H12N2OS/c1-7-3-4-8(10(5-7)14-2)9-6-15-11(12)13-9/h3-6H,1-2H3,(H2,12,13). The number of thiazole rings is 1. The molecule has 2 aromatic rings. The number of methoxy groups -OCH3 is 1. The van der Waals surface area contributed by atoms with Crippen molar-refractivity contribution in [3.8, 4) is 17.0 Å². The highest BCUT2D eigenvalue weighted by Crippen LogP contribution is 2.31. The third kappa shape index (κ3) is 1.94. The Kier molecular flexibility index (Phi) is 2.60. The maximum Gasteiger partial charge on any atom is 0.180 e. The van der Waals surface area contributed by atoms with Gasteiger partial charge in [-0.05, 0) is 24.6 Å². The molecule has 0 saturated heterocycles. The summed E-state index contributed by atoms with van der Waals surface area (Å²) in [7, 11) is 1.66. The van der Waals surface area contributed by atoms with Gasteiger partial charge in [0.25, 0.3) is 0 Å². The molecule has 15 heavy (non-hydrogen) atoms. The minimum absolute atomic E-state index is 0.577. The molecule has 0 aliphatic heterocycles. The van der Waals surface area contributed by atoms with E-state index in [-0.39, 0.29) is 0 Å². The van der Waals surface area contributed by atoms with E-state index in [9.17, 15) is 0 Å². The minimum atomic E-state index is 0.577. The van der Waals surface area contributed by atoms with Crippen LogP contribution >= 0.6 is 11.3 Å². The van der Waals surface area contributed by atoms with Crippen LogP contribution in [0.25, 0.3) is 11.3 Å². The maximum absolute atomic E-state index is 5.60. The SMILES string of the molecule is COc1cc(C)ccc1-c1csc(N)n1. The minimum Gasteiger partial charge on any atom is -0.496 e. The maximum atomic E-state index is 5.60. The number of nitrogen functional groups attached to an aromatic ring is 1. The Morgan fingerprint density at radius 1 is 1.40 bits per heavy atom. The number of hydrogen-bond donors (Lipinski definition) is 1. The second kappa shape index (κ2) is 3.90. The second-order valence-corrected chi connectivity index (χ2v) is 4.16. The summed E-state index contributed by atoms with van der Waals surface area (Å²) >= 11 is 1.43. The fourth-order valence-electron chi connectivity index (χ4n) is 1.42. The van der Waals surface area contributed by atoms with E-state index < -0.39 is 0 Å². The largest absolute Gasteiger partial charge is 0.496 e. The Labute approximate surface area is 92.5 Å². The van der Waals surface area contributed by atoms with Gasteiger partial charge in [0.1, 0.15) is 5.75 Å². The van der Waals surface area contributed by atoms with Gasteiger partial charge in [0.05, 0.1) is 12.8 Å². The lowest BCUT2D eigenvalue weighted by atomic mass is 10.1. The van der Waals surface area contributed by atoms with Gasteiger partial charge in [0, 0.05) is 10.9 Å². The second-order valence-electron chi connectivity index (χ2n) is 3.27. The summed E-state index contributed by atoms with van der Waals surface area (Å²) in [5.74, 6) is 0.834. The van der Waals surface area contributed by atoms with E-state index in [1.807, 2.05) is 30.5 Å². The average Bonchev–Trinajstić information content (AvgIpc) is 2.64. The van der Waals surface area contributed by atoms with Crippen molar-refractivity contribution in [3.63, 3.8) is 0 Å². The summed E-state index contributed by atoms with van der Waals surface area (Å²) in [5.41, 5.74) is 8.62. The van der Waals surface area contributed by atoms with Crippen molar-refractivity contribution >= 4 is 16.5 Å². The van der Waals surface area contributed by atoms with Gasteiger partial charge in [-0.25, -0.2) is 4.98 Å². The Morgan fingerprint density at radius 3 is 2.80 bits per heavy atom. The molecule has 0 saturated carbocycles. The van der Waals surface area contributed by atoms with Gasteiger partial charge in [0.15, 0.2) is 5.13 Å². The number of rotatable bonds is 2. The lowest BCUT2D eigenvalue weighted by Gasteiger charge is -2.06. The number of nitrogens with two attached hydrogens (primary N) is 1. The molecule has 1 heterocycles. The van der Waals surface area contributed by atoms with Crippen molar-refractivity contribution in [2.75, 3.05) is 12.8 Å². The summed E-state index contributed by atoms with van der Waals surface area (Å²) in [4.78, 5) is 4.24. The van der Waals surface area contributed by atoms with E-state index in [4.69, 9.17) is 10.5 Å². The molecule has 1 aromatic heterocycles. The smallest absolute Gasteiger partial charge is 0.180 e. The lowest BCUT2D eigenvalue weighted by molar-refractivity contribution is 0.416. The zero-order valence-corrected chi connectivity index (χ0v) is 9.47. The number of anilines is 1. The number of ether oxygens (including phenoxy) is 1. The average molecular weight is 220 g/mol. The van der Waals surface area contributed by atoms with Crippen LogP contribution in [0.2, 0.25) is 0 Å². The van der Waals surface area contributed by atoms with E-state index >= 15 is 0 Å². The van der Waals surface area contributed by atoms with Crippen LogP contribution in [0.4, 0.5) is 5.13 Å². The molecule has 3 nitrogen and oxygen atoms in total. The van der Waals surface area contributed by atoms with E-state index in [0.717, 1.165) is 17.0 Å². The normalized spacial score (nSPS) is 10.3. The zero-order chi connectivity index (χ0) is 10.8. The number of aromatic nitrogens is 1. The van der Waals surface area contributed by atoms with Gasteiger partial charge in [-0.3, -0.25) is 0 Å². The highest BCUT2D eigenvalue weighted by atomic mass is 32.1. The summed E-state index contributed by atoms with van der Waals surface area (Å²) in [5, 5.41) is 2.51. The van der Waals surface area contributed by atoms with Crippen LogP contribution in [0.3, 0.4) is 0 Å². The van der Waals surface area contributed by atoms with Gasteiger partial charge in [-0.15, -0.1) is 11.3 Å². The summed E-state index contributed by atoms with van der Waals surface area (Å²) in [6.45, 7) is 2.03. The van der Waals surface area contributed by atoms with E-state index in [1.165, 1.54) is 16.9 Å². The molecule has 0 aliphatic carbocycles. The van der Waals surface area contributed by atoms with Crippen molar-refractivity contribution in [2.45, 2.75) is 6.92 Å². The van der Waals surface area contributed by atoms with Gasteiger partial charge in [-0.1, -0.05) is 6.07 Å². The highest BCUT2D eigenvalue weighted by molar-refractivity contribution is 7.13. The van der Waals surface area contributed by atoms with Gasteiger partial charge < -0.3 is 10.5 Å². The third-order valence-corrected chi connectivity index (χ3v) is 2.83. The molecule has 0 amide bonds. The monoisotopic (exact) mass is 220 g/mol. The molecule has 0 unspecified atom stereocenters. The van der Waals surface area contributed by atoms with Crippen LogP contribution in [0.15, 0.2) is 23.6 Å². The number of hydrogen-bond acceptors (Lipinski definition) is 4. The fraction of sp³-hybridized carbons (Fsp3) is 0.182. The number of aryl methyl sites for hydroxylation is 1. The number of benzene rings is 1. The molecule has 0 aliphatic rings. The molecule has 1 aromatic carbocycles. The predicted molar refractivity (Wildman–Crippen MR) is 63.3 cm³/mol. The van der Waals surface area contributed by atoms with Crippen LogP contribution in [-0.4, -0.2) is 12.1 Å². The molecular formula is C11H12N2OS. The van der Waals surface area contributed by atoms with Crippen LogP contribution in [-0.2, 0) is 0 Å². The first-order valence-electron chi connectivity index (χ1n) is 4.56. The Balaban J connectivity index is 2.52. The molecular weight excluding hydrogens is 208 g/mol. The molecule has 0 bridgehead atoms. The van der Waals surface area contributed by atoms with Crippen molar-refractivity contribution in [3.05, 3.63) is 29.1 Å². The first-order valence-corrected chi connectivity index (χ1v) is 5.44. The molecule has 2 rings (SSSR count). The van der Waals surface area contributed by atoms with Crippen LogP contribution < -0.4 is 10.5 Å². The summed E-state index contributed by atoms with van der Waals surface area (Å²) < 4.78 is 5.31. The van der Waals surface area contributed by atoms with Crippen LogP contribution in [0.1, 0.15) is 5.56 Å². The van der Waals surface area contributed by atoms with Gasteiger partial charge >= 0.3 is 0 Å². The lowest BCUT2D eigenvalue weighted by Crippen LogP contribution is -1.89. The zero-order valence-electron chi connectivity index (χ0n) is 8.65. The molecule has 78 valence electrons. The molecule has 0 spiro atoms. The Bertz CT molecular complexity index is 479. The summed E-state index contributed by atoms with van der Waals surface area (Å²) in [6.07, 6.45) is 0. The Hall–Kier alpha value is -1.55. The predicted octanol–water partition coefficient (Wildman–Crippen LogP) is 2.71. The van der Waals surface area contributed by atoms with Gasteiger partial charge in [-0.2, -0.15) is 0 Å². The van der Waals surface area contributed by atoms with Gasteiger partial charge in [0.2, 0.25) is 0 Å². The topological polar surface area (TPSA) is 48.1 Å². The molecule has 0 radical (unpaired) electrons. The number of nitrogens with zero attached hydrogens (tertiary/aromatic N) is 1. The molecule has 0 atom stereocenters. The first-order chi connectivity index (χ1) is 7.20. The fourth-order valence-corrected chi connectivity index (χ4v) is 1.98. The van der Waals surface area contributed by atoms with Crippen molar-refractivity contribution < 1.29 is 4.74 Å². The molecule has 2 N–H and O–H groups in total. The van der Waals surface area contributed by atoms with Crippen LogP contribution in [0.5, 0.6) is 5.75 Å². The van der Waals surface area contributed by atoms with E-state index in [1.54, 1.807) is 7.11 Å². The molecule has 4 heteroatoms. The summed E-state index contributed by atoms with van der Waals surface area (Å²) in [6, 6.07) is 6.03. The Morgan fingerprint density at radius 2 is 2.20 bits per heavy atom. The highest BCUT2D eigenvalue weighted by Gasteiger charge is 2.08. The van der Waals surface area contributed by atoms with E-state index in [2.05, 4.69) is 4.98 Å². The van der Waals surface area contributed by atoms with E-state index in [0.29, 0.717) is 5.13 Å². The first kappa shape index (κ1) is 9.98. The van der Waals surface area contributed by atoms with Crippen molar-refractivity contribution in [1.29, 1.82) is 0 Å². The quantitative estimate of drug-likeness (QED) is 0.846. The van der Waals surface area contributed by atoms with Crippen molar-refractivity contribution in [1.82, 2.24) is 4.98 Å². The molecule has 0 fully saturated rings.